The number of hydrogen-bond donors (Lipinski definition) is 2. The fraction of sp³-hybridized carbons (Fsp3) is 0.622. The number of nitrogens with one attached hydrogen (secondary N) is 2. The molecule has 2 heterocycles. The number of carbonyl (C=O) groups is 1. The highest BCUT2D eigenvalue weighted by molar-refractivity contribution is 7.92. The molecule has 0 saturated heterocycles. The van der Waals surface area contributed by atoms with Gasteiger partial charge in [-0.05, 0) is 55.3 Å². The van der Waals surface area contributed by atoms with Gasteiger partial charge in [-0.25, -0.2) is 17.7 Å². The number of esters is 1. The lowest BCUT2D eigenvalue weighted by Gasteiger charge is -2.15. The van der Waals surface area contributed by atoms with E-state index in [1.807, 2.05) is 6.07 Å². The number of anilines is 1. The lowest BCUT2D eigenvalue weighted by Crippen LogP contribution is -2.15. The normalized spacial score (nSPS) is 12.0. The fourth-order valence-electron chi connectivity index (χ4n) is 6.80. The zero-order chi connectivity index (χ0) is 40.2. The van der Waals surface area contributed by atoms with E-state index in [2.05, 4.69) is 54.6 Å². The Balaban J connectivity index is 1.37. The zero-order valence-electron chi connectivity index (χ0n) is 35.0. The summed E-state index contributed by atoms with van der Waals surface area (Å²) in [5.74, 6) is 0.501. The van der Waals surface area contributed by atoms with Crippen molar-refractivity contribution < 1.29 is 22.7 Å². The van der Waals surface area contributed by atoms with Gasteiger partial charge < -0.3 is 9.47 Å². The topological polar surface area (TPSA) is 128 Å². The van der Waals surface area contributed by atoms with E-state index >= 15 is 0 Å². The molecule has 4 aromatic rings. The summed E-state index contributed by atoms with van der Waals surface area (Å²) in [5.41, 5.74) is 2.30. The highest BCUT2D eigenvalue weighted by Gasteiger charge is 2.24. The number of aromatic amines is 1. The van der Waals surface area contributed by atoms with E-state index in [4.69, 9.17) is 9.47 Å². The first-order valence-electron chi connectivity index (χ1n) is 21.5. The van der Waals surface area contributed by atoms with Gasteiger partial charge in [0.1, 0.15) is 5.75 Å². The summed E-state index contributed by atoms with van der Waals surface area (Å²) < 4.78 is 43.8. The Morgan fingerprint density at radius 1 is 0.696 bits per heavy atom. The van der Waals surface area contributed by atoms with Crippen LogP contribution in [0.3, 0.4) is 0 Å². The molecule has 310 valence electrons. The van der Waals surface area contributed by atoms with Crippen LogP contribution in [0.4, 0.5) is 5.69 Å². The number of rotatable bonds is 28. The van der Waals surface area contributed by atoms with Gasteiger partial charge in [0.15, 0.2) is 11.5 Å². The first-order valence-corrected chi connectivity index (χ1v) is 23.0. The number of hydrogen-bond acceptors (Lipinski definition) is 7. The van der Waals surface area contributed by atoms with E-state index in [0.29, 0.717) is 35.1 Å². The van der Waals surface area contributed by atoms with Gasteiger partial charge in [0.2, 0.25) is 0 Å². The van der Waals surface area contributed by atoms with Crippen LogP contribution in [-0.2, 0) is 20.2 Å². The predicted octanol–water partition coefficient (Wildman–Crippen LogP) is 12.2. The van der Waals surface area contributed by atoms with Crippen LogP contribution in [0, 0.1) is 0 Å². The van der Waals surface area contributed by atoms with Gasteiger partial charge in [-0.1, -0.05) is 150 Å². The molecule has 0 spiro atoms. The number of benzene rings is 2. The molecule has 0 atom stereocenters. The molecule has 0 bridgehead atoms. The van der Waals surface area contributed by atoms with Crippen LogP contribution in [0.25, 0.3) is 17.0 Å². The van der Waals surface area contributed by atoms with Crippen LogP contribution in [0.15, 0.2) is 53.4 Å². The molecule has 0 aliphatic rings. The van der Waals surface area contributed by atoms with E-state index in [0.717, 1.165) is 37.8 Å². The highest BCUT2D eigenvalue weighted by atomic mass is 32.2. The summed E-state index contributed by atoms with van der Waals surface area (Å²) >= 11 is 0. The molecule has 0 fully saturated rings. The Bertz CT molecular complexity index is 1840. The van der Waals surface area contributed by atoms with Crippen molar-refractivity contribution in [2.45, 2.75) is 173 Å². The van der Waals surface area contributed by atoms with Crippen molar-refractivity contribution in [3.63, 3.8) is 0 Å². The molecule has 0 unspecified atom stereocenters. The largest absolute Gasteiger partial charge is 0.494 e. The highest BCUT2D eigenvalue weighted by Crippen LogP contribution is 2.29. The molecule has 10 nitrogen and oxygen atoms in total. The Morgan fingerprint density at radius 3 is 1.79 bits per heavy atom. The monoisotopic (exact) mass is 792 g/mol. The van der Waals surface area contributed by atoms with Crippen LogP contribution >= 0.6 is 0 Å². The van der Waals surface area contributed by atoms with Crippen molar-refractivity contribution in [2.75, 3.05) is 17.9 Å². The minimum Gasteiger partial charge on any atom is -0.494 e. The van der Waals surface area contributed by atoms with Gasteiger partial charge in [-0.15, -0.1) is 10.2 Å². The van der Waals surface area contributed by atoms with Gasteiger partial charge in [0.25, 0.3) is 10.0 Å². The number of ether oxygens (including phenoxy) is 2. The average Bonchev–Trinajstić information content (AvgIpc) is 3.79. The molecule has 0 radical (unpaired) electrons. The van der Waals surface area contributed by atoms with Gasteiger partial charge >= 0.3 is 5.97 Å². The quantitative estimate of drug-likeness (QED) is 0.0433. The molecule has 2 aromatic heterocycles. The van der Waals surface area contributed by atoms with Gasteiger partial charge in [-0.2, -0.15) is 0 Å². The summed E-state index contributed by atoms with van der Waals surface area (Å²) in [5, 5.41) is 12.0. The van der Waals surface area contributed by atoms with Crippen molar-refractivity contribution in [1.82, 2.24) is 19.8 Å². The third kappa shape index (κ3) is 14.9. The van der Waals surface area contributed by atoms with Crippen LogP contribution < -0.4 is 9.46 Å². The van der Waals surface area contributed by atoms with E-state index in [-0.39, 0.29) is 22.5 Å². The van der Waals surface area contributed by atoms with Gasteiger partial charge in [0.05, 0.1) is 23.7 Å². The average molecular weight is 792 g/mol. The third-order valence-electron chi connectivity index (χ3n) is 10.3. The predicted molar refractivity (Wildman–Crippen MR) is 228 cm³/mol. The van der Waals surface area contributed by atoms with E-state index in [9.17, 15) is 13.2 Å². The second-order valence-electron chi connectivity index (χ2n) is 16.4. The molecular weight excluding hydrogens is 723 g/mol. The number of aromatic nitrogens is 4. The first-order chi connectivity index (χ1) is 27.0. The lowest BCUT2D eigenvalue weighted by molar-refractivity contribution is 0.0497. The van der Waals surface area contributed by atoms with Crippen molar-refractivity contribution >= 4 is 27.3 Å². The summed E-state index contributed by atoms with van der Waals surface area (Å²) in [6.45, 7) is 11.6. The fourth-order valence-corrected chi connectivity index (χ4v) is 7.93. The maximum Gasteiger partial charge on any atom is 0.338 e. The number of H-pyrrole nitrogens is 1. The number of fused-ring (bicyclic) bond motifs is 1. The van der Waals surface area contributed by atoms with Crippen molar-refractivity contribution in [2.24, 2.45) is 0 Å². The molecule has 11 heteroatoms. The number of unbranched alkanes of at least 4 members (excludes halogenated alkanes) is 18. The third-order valence-corrected chi connectivity index (χ3v) is 11.7. The summed E-state index contributed by atoms with van der Waals surface area (Å²) in [6, 6.07) is 13.3. The maximum atomic E-state index is 13.9. The zero-order valence-corrected chi connectivity index (χ0v) is 35.8. The molecule has 56 heavy (non-hydrogen) atoms. The number of nitrogens with zero attached hydrogens (tertiary/aromatic N) is 3. The van der Waals surface area contributed by atoms with Crippen LogP contribution in [0.1, 0.15) is 179 Å². The van der Waals surface area contributed by atoms with Crippen molar-refractivity contribution in [3.05, 3.63) is 59.8 Å². The summed E-state index contributed by atoms with van der Waals surface area (Å²) in [7, 11) is -4.12. The number of carbonyl (C=O) groups excluding carboxylic acids is 1. The van der Waals surface area contributed by atoms with E-state index < -0.39 is 16.0 Å². The van der Waals surface area contributed by atoms with E-state index in [1.165, 1.54) is 108 Å². The van der Waals surface area contributed by atoms with Crippen molar-refractivity contribution in [1.29, 1.82) is 0 Å². The van der Waals surface area contributed by atoms with E-state index in [1.54, 1.807) is 34.8 Å². The minimum absolute atomic E-state index is 0.0819. The van der Waals surface area contributed by atoms with Crippen LogP contribution in [0.2, 0.25) is 0 Å². The number of sulfonamides is 1. The van der Waals surface area contributed by atoms with Crippen molar-refractivity contribution in [3.8, 4) is 17.1 Å². The molecule has 4 rings (SSSR count). The summed E-state index contributed by atoms with van der Waals surface area (Å²) in [6.07, 6.45) is 24.4. The standard InChI is InChI=1S/C45H69N5O5S/c1-6-8-10-12-14-16-18-20-22-24-30-54-39-28-26-38(27-29-39)49-56(52,53)40-33-36(43-47-46-42-35-41(45(3,4)5)48-50(42)43)32-37(34-40)44(51)55-31-25-23-21-19-17-15-13-11-9-7-2/h26-29,32-35,48-49H,6-25,30-31H2,1-5H3. The second-order valence-corrected chi connectivity index (χ2v) is 18.0. The second kappa shape index (κ2) is 23.4. The lowest BCUT2D eigenvalue weighted by atomic mass is 9.93. The molecule has 0 saturated carbocycles. The Kier molecular flexibility index (Phi) is 18.7. The molecule has 0 aliphatic carbocycles. The molecule has 0 aliphatic heterocycles. The van der Waals surface area contributed by atoms with Gasteiger partial charge in [0, 0.05) is 28.4 Å². The molecule has 2 N–H and O–H groups in total. The minimum atomic E-state index is -4.12. The maximum absolute atomic E-state index is 13.9. The Hall–Kier alpha value is -3.86. The smallest absolute Gasteiger partial charge is 0.338 e. The molecule has 0 amide bonds. The van der Waals surface area contributed by atoms with Gasteiger partial charge in [-0.3, -0.25) is 9.82 Å². The first kappa shape index (κ1) is 44.8. The Labute approximate surface area is 337 Å². The summed E-state index contributed by atoms with van der Waals surface area (Å²) in [4.78, 5) is 13.3. The SMILES string of the molecule is CCCCCCCCCCCCOC(=O)c1cc(-c2nnc3cc(C(C)(C)C)[nH]n23)cc(S(=O)(=O)Nc2ccc(OCCCCCCCCCCCC)cc2)c1. The van der Waals surface area contributed by atoms with Crippen LogP contribution in [-0.4, -0.2) is 47.4 Å². The Morgan fingerprint density at radius 2 is 1.23 bits per heavy atom. The molecular formula is C45H69N5O5S. The van der Waals surface area contributed by atoms with Crippen LogP contribution in [0.5, 0.6) is 5.75 Å². The molecule has 2 aromatic carbocycles.